The zero-order chi connectivity index (χ0) is 12.2. The number of pyridine rings is 1. The molecule has 0 fully saturated rings. The second-order valence-electron chi connectivity index (χ2n) is 2.37. The Hall–Kier alpha value is -0.0436. The first kappa shape index (κ1) is 19.3. The molecule has 0 aromatic carbocycles. The topological polar surface area (TPSA) is 45.5 Å². The quantitative estimate of drug-likeness (QED) is 0.336. The van der Waals surface area contributed by atoms with E-state index in [-0.39, 0.29) is 58.0 Å². The number of nitrogens with zero attached hydrogens (tertiary/aromatic N) is 2. The number of aliphatic hydroxyl groups excluding tert-OH is 1. The molecule has 1 heterocycles. The van der Waals surface area contributed by atoms with E-state index in [9.17, 15) is 4.39 Å². The van der Waals surface area contributed by atoms with Crippen LogP contribution in [0, 0.1) is 12.4 Å². The first-order valence-corrected chi connectivity index (χ1v) is 4.99. The van der Waals surface area contributed by atoms with Gasteiger partial charge in [0.1, 0.15) is 0 Å². The van der Waals surface area contributed by atoms with E-state index in [1.807, 2.05) is 13.8 Å². The molecule has 5 heteroatoms. The summed E-state index contributed by atoms with van der Waals surface area (Å²) >= 11 is 0. The second kappa shape index (κ2) is 14.0. The molecule has 0 saturated heterocycles. The standard InChI is InChI=1S/C10H9FN2O.C2H6.K/c11-10-4-3-9(8-13-10)7-12-5-1-2-6-14;1-2;/h1-5,8,14H,6H2;1-2H3;/q-2;;+1/b5-1-;;. The third-order valence-electron chi connectivity index (χ3n) is 1.32. The fraction of sp³-hybridized carbons (Fsp3) is 0.250. The predicted molar refractivity (Wildman–Crippen MR) is 62.6 cm³/mol. The van der Waals surface area contributed by atoms with Crippen LogP contribution in [0.1, 0.15) is 19.4 Å². The predicted octanol–water partition coefficient (Wildman–Crippen LogP) is -0.743. The molecule has 0 radical (unpaired) electrons. The monoisotopic (exact) mass is 261 g/mol. The number of aliphatic hydroxyl groups is 1. The number of rotatable bonds is 4. The molecule has 17 heavy (non-hydrogen) atoms. The zero-order valence-corrected chi connectivity index (χ0v) is 13.5. The van der Waals surface area contributed by atoms with Gasteiger partial charge in [-0.2, -0.15) is 16.9 Å². The summed E-state index contributed by atoms with van der Waals surface area (Å²) in [7, 11) is 0. The summed E-state index contributed by atoms with van der Waals surface area (Å²) in [6.07, 6.45) is 8.57. The van der Waals surface area contributed by atoms with Gasteiger partial charge in [0.15, 0.2) is 5.95 Å². The molecule has 1 aromatic rings. The number of halogens is 1. The van der Waals surface area contributed by atoms with Gasteiger partial charge in [-0.15, -0.1) is 11.6 Å². The molecule has 0 atom stereocenters. The largest absolute Gasteiger partial charge is 1.00 e. The fourth-order valence-corrected chi connectivity index (χ4v) is 0.719. The van der Waals surface area contributed by atoms with Crippen molar-refractivity contribution in [2.24, 2.45) is 4.99 Å². The van der Waals surface area contributed by atoms with E-state index >= 15 is 0 Å². The molecule has 1 N–H and O–H groups in total. The van der Waals surface area contributed by atoms with Crippen LogP contribution in [0.2, 0.25) is 0 Å². The van der Waals surface area contributed by atoms with Crippen LogP contribution in [0.25, 0.3) is 0 Å². The molecule has 0 aliphatic rings. The normalized spacial score (nSPS) is 9.65. The van der Waals surface area contributed by atoms with Crippen LogP contribution in [0.5, 0.6) is 0 Å². The van der Waals surface area contributed by atoms with Crippen LogP contribution >= 0.6 is 0 Å². The number of aromatic nitrogens is 1. The van der Waals surface area contributed by atoms with E-state index in [1.165, 1.54) is 31.0 Å². The van der Waals surface area contributed by atoms with Crippen LogP contribution in [-0.2, 0) is 0 Å². The summed E-state index contributed by atoms with van der Waals surface area (Å²) < 4.78 is 12.4. The molecule has 3 nitrogen and oxygen atoms in total. The van der Waals surface area contributed by atoms with Gasteiger partial charge in [-0.05, 0) is 25.1 Å². The molecule has 0 aliphatic heterocycles. The van der Waals surface area contributed by atoms with Crippen molar-refractivity contribution in [3.63, 3.8) is 0 Å². The summed E-state index contributed by atoms with van der Waals surface area (Å²) in [6.45, 7) is 3.98. The Labute approximate surface area is 144 Å². The van der Waals surface area contributed by atoms with Gasteiger partial charge in [0.25, 0.3) is 0 Å². The van der Waals surface area contributed by atoms with Crippen molar-refractivity contribution in [1.82, 2.24) is 4.98 Å². The van der Waals surface area contributed by atoms with Gasteiger partial charge in [0.05, 0.1) is 0 Å². The molecule has 88 valence electrons. The third-order valence-corrected chi connectivity index (χ3v) is 1.32. The number of hydrogen-bond donors (Lipinski definition) is 1. The van der Waals surface area contributed by atoms with Gasteiger partial charge in [0, 0.05) is 0 Å². The smallest absolute Gasteiger partial charge is 0.410 e. The van der Waals surface area contributed by atoms with Crippen LogP contribution in [-0.4, -0.2) is 22.9 Å². The van der Waals surface area contributed by atoms with Gasteiger partial charge in [0.2, 0.25) is 0 Å². The Kier molecular flexibility index (Phi) is 15.9. The minimum absolute atomic E-state index is 0. The molecule has 0 unspecified atom stereocenters. The van der Waals surface area contributed by atoms with Crippen molar-refractivity contribution in [3.05, 3.63) is 48.5 Å². The molecule has 0 amide bonds. The molecular formula is C12H15FKN2O-. The molecular weight excluding hydrogens is 246 g/mol. The summed E-state index contributed by atoms with van der Waals surface area (Å²) in [5, 5.41) is 8.39. The van der Waals surface area contributed by atoms with Crippen molar-refractivity contribution >= 4 is 6.21 Å². The molecule has 0 bridgehead atoms. The Morgan fingerprint density at radius 2 is 2.24 bits per heavy atom. The SMILES string of the molecule is CC.OC[CH-]/C=C\N=[C-]c1ccc(F)nc1.[K+]. The average Bonchev–Trinajstić information content (AvgIpc) is 2.34. The molecule has 0 aliphatic carbocycles. The van der Waals surface area contributed by atoms with Gasteiger partial charge in [-0.25, -0.2) is 0 Å². The van der Waals surface area contributed by atoms with Crippen LogP contribution in [0.4, 0.5) is 4.39 Å². The number of hydrogen-bond acceptors (Lipinski definition) is 3. The Morgan fingerprint density at radius 1 is 1.53 bits per heavy atom. The van der Waals surface area contributed by atoms with E-state index in [2.05, 4.69) is 16.2 Å². The van der Waals surface area contributed by atoms with Crippen LogP contribution in [0.15, 0.2) is 35.6 Å². The first-order chi connectivity index (χ1) is 7.83. The summed E-state index contributed by atoms with van der Waals surface area (Å²) in [4.78, 5) is 7.21. The second-order valence-corrected chi connectivity index (χ2v) is 2.37. The Morgan fingerprint density at radius 3 is 2.76 bits per heavy atom. The number of aliphatic imine (C=N–C) groups is 1. The first-order valence-electron chi connectivity index (χ1n) is 4.99. The third kappa shape index (κ3) is 10.8. The van der Waals surface area contributed by atoms with Crippen molar-refractivity contribution in [3.8, 4) is 0 Å². The Balaban J connectivity index is 0. The van der Waals surface area contributed by atoms with Crippen molar-refractivity contribution < 1.29 is 60.9 Å². The minimum atomic E-state index is -0.528. The average molecular weight is 261 g/mol. The summed E-state index contributed by atoms with van der Waals surface area (Å²) in [5.74, 6) is -0.528. The Bertz CT molecular complexity index is 326. The summed E-state index contributed by atoms with van der Waals surface area (Å²) in [5.41, 5.74) is 0.597. The van der Waals surface area contributed by atoms with E-state index in [1.54, 1.807) is 6.08 Å². The van der Waals surface area contributed by atoms with E-state index in [4.69, 9.17) is 5.11 Å². The van der Waals surface area contributed by atoms with Gasteiger partial charge < -0.3 is 10.1 Å². The maximum Gasteiger partial charge on any atom is 1.00 e. The van der Waals surface area contributed by atoms with E-state index in [0.29, 0.717) is 5.56 Å². The van der Waals surface area contributed by atoms with Crippen molar-refractivity contribution in [1.29, 1.82) is 0 Å². The molecule has 1 rings (SSSR count). The molecule has 1 aromatic heterocycles. The van der Waals surface area contributed by atoms with Crippen molar-refractivity contribution in [2.45, 2.75) is 13.8 Å². The van der Waals surface area contributed by atoms with Crippen molar-refractivity contribution in [2.75, 3.05) is 6.61 Å². The fourth-order valence-electron chi connectivity index (χ4n) is 0.719. The maximum atomic E-state index is 12.4. The van der Waals surface area contributed by atoms with E-state index < -0.39 is 5.95 Å². The van der Waals surface area contributed by atoms with Gasteiger partial charge in [-0.3, -0.25) is 4.98 Å². The molecule has 0 saturated carbocycles. The van der Waals surface area contributed by atoms with Crippen LogP contribution < -0.4 is 51.4 Å². The van der Waals surface area contributed by atoms with Gasteiger partial charge in [-0.1, -0.05) is 20.0 Å². The molecule has 0 spiro atoms. The maximum absolute atomic E-state index is 12.4. The zero-order valence-electron chi connectivity index (χ0n) is 10.4. The van der Waals surface area contributed by atoms with Gasteiger partial charge >= 0.3 is 51.4 Å². The summed E-state index contributed by atoms with van der Waals surface area (Å²) in [6, 6.07) is 2.76. The van der Waals surface area contributed by atoms with E-state index in [0.717, 1.165) is 0 Å². The minimum Gasteiger partial charge on any atom is -0.410 e. The van der Waals surface area contributed by atoms with Crippen LogP contribution in [0.3, 0.4) is 0 Å².